The number of benzene rings is 6. The third-order valence-electron chi connectivity index (χ3n) is 8.03. The lowest BCUT2D eigenvalue weighted by Gasteiger charge is -2.23. The quantitative estimate of drug-likeness (QED) is 0.261. The fourth-order valence-electron chi connectivity index (χ4n) is 6.07. The molecular weight excluding hydrogens is 458 g/mol. The fourth-order valence-corrected chi connectivity index (χ4v) is 6.07. The summed E-state index contributed by atoms with van der Waals surface area (Å²) in [5.74, 6) is 0. The van der Waals surface area contributed by atoms with E-state index in [9.17, 15) is 0 Å². The van der Waals surface area contributed by atoms with Gasteiger partial charge in [0.2, 0.25) is 0 Å². The molecule has 0 bridgehead atoms. The molecule has 1 heteroatoms. The number of nitrogens with one attached hydrogen (secondary N) is 1. The Balaban J connectivity index is 1.32. The zero-order chi connectivity index (χ0) is 25.7. The molecule has 1 aliphatic rings. The molecule has 6 aromatic carbocycles. The van der Waals surface area contributed by atoms with Crippen molar-refractivity contribution in [3.8, 4) is 33.4 Å². The highest BCUT2D eigenvalue weighted by molar-refractivity contribution is 6.08. The van der Waals surface area contributed by atoms with E-state index in [0.29, 0.717) is 0 Å². The van der Waals surface area contributed by atoms with Crippen LogP contribution in [0.25, 0.3) is 44.2 Å². The Hall–Kier alpha value is -4.62. The Morgan fingerprint density at radius 2 is 1.08 bits per heavy atom. The summed E-state index contributed by atoms with van der Waals surface area (Å²) in [5.41, 5.74) is 12.6. The average molecular weight is 488 g/mol. The predicted molar refractivity (Wildman–Crippen MR) is 162 cm³/mol. The molecule has 38 heavy (non-hydrogen) atoms. The van der Waals surface area contributed by atoms with Gasteiger partial charge in [-0.15, -0.1) is 0 Å². The van der Waals surface area contributed by atoms with E-state index in [1.54, 1.807) is 0 Å². The Kier molecular flexibility index (Phi) is 5.19. The highest BCUT2D eigenvalue weighted by atomic mass is 14.9. The lowest BCUT2D eigenvalue weighted by atomic mass is 9.80. The summed E-state index contributed by atoms with van der Waals surface area (Å²) >= 11 is 0. The highest BCUT2D eigenvalue weighted by Crippen LogP contribution is 2.54. The predicted octanol–water partition coefficient (Wildman–Crippen LogP) is 10.2. The molecule has 0 radical (unpaired) electrons. The Bertz CT molecular complexity index is 1780. The van der Waals surface area contributed by atoms with Crippen molar-refractivity contribution in [1.29, 1.82) is 0 Å². The minimum Gasteiger partial charge on any atom is -0.356 e. The van der Waals surface area contributed by atoms with Crippen LogP contribution in [0, 0.1) is 0 Å². The molecule has 7 rings (SSSR count). The lowest BCUT2D eigenvalue weighted by molar-refractivity contribution is 0.661. The minimum atomic E-state index is -0.104. The first kappa shape index (κ1) is 22.6. The molecule has 0 heterocycles. The molecule has 0 amide bonds. The maximum atomic E-state index is 3.66. The van der Waals surface area contributed by atoms with Gasteiger partial charge in [0.1, 0.15) is 0 Å². The number of hydrogen-bond donors (Lipinski definition) is 1. The van der Waals surface area contributed by atoms with E-state index in [0.717, 1.165) is 11.4 Å². The highest BCUT2D eigenvalue weighted by Gasteiger charge is 2.38. The summed E-state index contributed by atoms with van der Waals surface area (Å²) in [6.07, 6.45) is 0. The Labute approximate surface area is 224 Å². The van der Waals surface area contributed by atoms with Crippen LogP contribution in [-0.2, 0) is 5.41 Å². The molecule has 0 atom stereocenters. The first-order valence-electron chi connectivity index (χ1n) is 13.3. The van der Waals surface area contributed by atoms with E-state index in [-0.39, 0.29) is 5.41 Å². The van der Waals surface area contributed by atoms with Crippen LogP contribution in [0.15, 0.2) is 133 Å². The van der Waals surface area contributed by atoms with Gasteiger partial charge in [-0.1, -0.05) is 117 Å². The van der Waals surface area contributed by atoms with Crippen LogP contribution >= 0.6 is 0 Å². The van der Waals surface area contributed by atoms with E-state index in [4.69, 9.17) is 0 Å². The molecule has 0 spiro atoms. The van der Waals surface area contributed by atoms with E-state index in [2.05, 4.69) is 153 Å². The summed E-state index contributed by atoms with van der Waals surface area (Å²) in [7, 11) is 0. The summed E-state index contributed by atoms with van der Waals surface area (Å²) in [6, 6.07) is 48.1. The standard InChI is InChI=1S/C37H29N/c1-37(2)33-24-30(38-29-19-17-26(18-20-29)25-11-5-3-6-12-25)21-22-32(33)36-34(37)23-28-15-9-10-16-31(28)35(36)27-13-7-4-8-14-27/h3-24,38H,1-2H3. The summed E-state index contributed by atoms with van der Waals surface area (Å²) in [6.45, 7) is 4.72. The summed E-state index contributed by atoms with van der Waals surface area (Å²) < 4.78 is 0. The molecule has 1 N–H and O–H groups in total. The molecule has 0 aromatic heterocycles. The molecule has 0 saturated heterocycles. The van der Waals surface area contributed by atoms with Crippen LogP contribution in [0.4, 0.5) is 11.4 Å². The van der Waals surface area contributed by atoms with E-state index in [1.807, 2.05) is 0 Å². The normalized spacial score (nSPS) is 13.2. The zero-order valence-corrected chi connectivity index (χ0v) is 21.7. The van der Waals surface area contributed by atoms with Crippen LogP contribution in [0.2, 0.25) is 0 Å². The van der Waals surface area contributed by atoms with Gasteiger partial charge in [0.05, 0.1) is 0 Å². The van der Waals surface area contributed by atoms with E-state index in [1.165, 1.54) is 55.3 Å². The Morgan fingerprint density at radius 1 is 0.474 bits per heavy atom. The van der Waals surface area contributed by atoms with E-state index < -0.39 is 0 Å². The van der Waals surface area contributed by atoms with Crippen LogP contribution in [0.3, 0.4) is 0 Å². The third-order valence-corrected chi connectivity index (χ3v) is 8.03. The molecule has 182 valence electrons. The van der Waals surface area contributed by atoms with Gasteiger partial charge in [0.25, 0.3) is 0 Å². The minimum absolute atomic E-state index is 0.104. The number of anilines is 2. The lowest BCUT2D eigenvalue weighted by Crippen LogP contribution is -2.15. The molecule has 0 unspecified atom stereocenters. The molecule has 0 aliphatic heterocycles. The van der Waals surface area contributed by atoms with Crippen molar-refractivity contribution in [1.82, 2.24) is 0 Å². The van der Waals surface area contributed by atoms with Crippen molar-refractivity contribution in [3.63, 3.8) is 0 Å². The maximum Gasteiger partial charge on any atom is 0.0387 e. The second kappa shape index (κ2) is 8.75. The monoisotopic (exact) mass is 487 g/mol. The Morgan fingerprint density at radius 3 is 1.82 bits per heavy atom. The number of rotatable bonds is 4. The van der Waals surface area contributed by atoms with Gasteiger partial charge >= 0.3 is 0 Å². The van der Waals surface area contributed by atoms with Crippen molar-refractivity contribution in [2.24, 2.45) is 0 Å². The maximum absolute atomic E-state index is 3.66. The van der Waals surface area contributed by atoms with Crippen LogP contribution in [0.5, 0.6) is 0 Å². The molecular formula is C37H29N. The van der Waals surface area contributed by atoms with Crippen LogP contribution < -0.4 is 5.32 Å². The van der Waals surface area contributed by atoms with Gasteiger partial charge in [-0.25, -0.2) is 0 Å². The average Bonchev–Trinajstić information content (AvgIpc) is 3.19. The number of hydrogen-bond acceptors (Lipinski definition) is 1. The second-order valence-corrected chi connectivity index (χ2v) is 10.7. The molecule has 1 aliphatic carbocycles. The van der Waals surface area contributed by atoms with Crippen molar-refractivity contribution in [3.05, 3.63) is 145 Å². The van der Waals surface area contributed by atoms with E-state index >= 15 is 0 Å². The molecule has 1 nitrogen and oxygen atoms in total. The van der Waals surface area contributed by atoms with Crippen molar-refractivity contribution < 1.29 is 0 Å². The smallest absolute Gasteiger partial charge is 0.0387 e. The number of fused-ring (bicyclic) bond motifs is 4. The molecule has 0 saturated carbocycles. The van der Waals surface area contributed by atoms with Gasteiger partial charge in [-0.2, -0.15) is 0 Å². The first-order valence-corrected chi connectivity index (χ1v) is 13.3. The molecule has 6 aromatic rings. The largest absolute Gasteiger partial charge is 0.356 e. The second-order valence-electron chi connectivity index (χ2n) is 10.7. The van der Waals surface area contributed by atoms with Crippen molar-refractivity contribution in [2.45, 2.75) is 19.3 Å². The van der Waals surface area contributed by atoms with Crippen LogP contribution in [0.1, 0.15) is 25.0 Å². The molecule has 0 fully saturated rings. The zero-order valence-electron chi connectivity index (χ0n) is 21.7. The van der Waals surface area contributed by atoms with Gasteiger partial charge < -0.3 is 5.32 Å². The summed E-state index contributed by atoms with van der Waals surface area (Å²) in [5, 5.41) is 6.26. The topological polar surface area (TPSA) is 12.0 Å². The van der Waals surface area contributed by atoms with Gasteiger partial charge in [-0.05, 0) is 85.6 Å². The van der Waals surface area contributed by atoms with Crippen LogP contribution in [-0.4, -0.2) is 0 Å². The SMILES string of the molecule is CC1(C)c2cc(Nc3ccc(-c4ccccc4)cc3)ccc2-c2c1cc1ccccc1c2-c1ccccc1. The van der Waals surface area contributed by atoms with Gasteiger partial charge in [0, 0.05) is 16.8 Å². The summed E-state index contributed by atoms with van der Waals surface area (Å²) in [4.78, 5) is 0. The van der Waals surface area contributed by atoms with Gasteiger partial charge in [0.15, 0.2) is 0 Å². The van der Waals surface area contributed by atoms with Gasteiger partial charge in [-0.3, -0.25) is 0 Å². The van der Waals surface area contributed by atoms with Crippen molar-refractivity contribution >= 4 is 22.1 Å². The van der Waals surface area contributed by atoms with Crippen molar-refractivity contribution in [2.75, 3.05) is 5.32 Å². The third kappa shape index (κ3) is 3.63. The fraction of sp³-hybridized carbons (Fsp3) is 0.0811. The first-order chi connectivity index (χ1) is 18.6.